The van der Waals surface area contributed by atoms with Crippen LogP contribution in [-0.4, -0.2) is 31.7 Å². The number of amides is 1. The highest BCUT2D eigenvalue weighted by Gasteiger charge is 2.28. The largest absolute Gasteiger partial charge is 0.506 e. The summed E-state index contributed by atoms with van der Waals surface area (Å²) < 4.78 is 24.8. The molecule has 1 aliphatic rings. The molecule has 6 nitrogen and oxygen atoms in total. The highest BCUT2D eigenvalue weighted by Crippen LogP contribution is 2.31. The maximum absolute atomic E-state index is 11.8. The van der Waals surface area contributed by atoms with E-state index in [1.807, 2.05) is 0 Å². The first-order valence-corrected chi connectivity index (χ1v) is 7.12. The molecule has 18 heavy (non-hydrogen) atoms. The van der Waals surface area contributed by atoms with E-state index in [0.29, 0.717) is 18.7 Å². The lowest BCUT2D eigenvalue weighted by molar-refractivity contribution is -0.114. The van der Waals surface area contributed by atoms with Gasteiger partial charge in [0, 0.05) is 13.5 Å². The molecule has 1 amide bonds. The van der Waals surface area contributed by atoms with E-state index in [1.54, 1.807) is 0 Å². The number of carbonyl (C=O) groups is 1. The van der Waals surface area contributed by atoms with E-state index in [-0.39, 0.29) is 23.1 Å². The predicted octanol–water partition coefficient (Wildman–Crippen LogP) is 0.890. The molecule has 0 spiro atoms. The van der Waals surface area contributed by atoms with Gasteiger partial charge in [-0.15, -0.1) is 0 Å². The van der Waals surface area contributed by atoms with Gasteiger partial charge in [-0.25, -0.2) is 8.42 Å². The van der Waals surface area contributed by atoms with Gasteiger partial charge in [0.1, 0.15) is 5.75 Å². The first-order valence-electron chi connectivity index (χ1n) is 5.51. The zero-order chi connectivity index (χ0) is 13.3. The van der Waals surface area contributed by atoms with Gasteiger partial charge in [0.2, 0.25) is 15.9 Å². The van der Waals surface area contributed by atoms with Crippen LogP contribution in [0.1, 0.15) is 13.3 Å². The summed E-state index contributed by atoms with van der Waals surface area (Å²) in [5.41, 5.74) is 0.663. The molecule has 0 unspecified atom stereocenters. The molecule has 0 bridgehead atoms. The number of sulfonamides is 1. The second-order valence-electron chi connectivity index (χ2n) is 4.12. The number of phenolic OH excluding ortho intramolecular Hbond substituents is 1. The SMILES string of the molecule is CC(=O)Nc1cc(N2CCCS2(=O)=O)ccc1O. The predicted molar refractivity (Wildman–Crippen MR) is 68.2 cm³/mol. The van der Waals surface area contributed by atoms with Crippen molar-refractivity contribution in [2.45, 2.75) is 13.3 Å². The van der Waals surface area contributed by atoms with Crippen molar-refractivity contribution >= 4 is 27.3 Å². The third-order valence-electron chi connectivity index (χ3n) is 2.68. The van der Waals surface area contributed by atoms with Crippen LogP contribution in [-0.2, 0) is 14.8 Å². The van der Waals surface area contributed by atoms with Crippen molar-refractivity contribution in [1.82, 2.24) is 0 Å². The number of hydrogen-bond donors (Lipinski definition) is 2. The van der Waals surface area contributed by atoms with Gasteiger partial charge >= 0.3 is 0 Å². The number of benzene rings is 1. The number of anilines is 2. The van der Waals surface area contributed by atoms with Crippen molar-refractivity contribution in [2.24, 2.45) is 0 Å². The topological polar surface area (TPSA) is 86.7 Å². The number of phenols is 1. The average molecular weight is 270 g/mol. The minimum Gasteiger partial charge on any atom is -0.506 e. The lowest BCUT2D eigenvalue weighted by Gasteiger charge is -2.18. The fraction of sp³-hybridized carbons (Fsp3) is 0.364. The van der Waals surface area contributed by atoms with Crippen LogP contribution in [0.2, 0.25) is 0 Å². The van der Waals surface area contributed by atoms with Crippen LogP contribution in [0.15, 0.2) is 18.2 Å². The number of rotatable bonds is 2. The maximum Gasteiger partial charge on any atom is 0.235 e. The van der Waals surface area contributed by atoms with Crippen molar-refractivity contribution in [3.63, 3.8) is 0 Å². The van der Waals surface area contributed by atoms with Gasteiger partial charge in [-0.2, -0.15) is 0 Å². The Labute approximate surface area is 105 Å². The average Bonchev–Trinajstić information content (AvgIpc) is 2.61. The summed E-state index contributed by atoms with van der Waals surface area (Å²) in [6.07, 6.45) is 0.582. The molecular formula is C11H14N2O4S. The summed E-state index contributed by atoms with van der Waals surface area (Å²) in [5, 5.41) is 12.0. The summed E-state index contributed by atoms with van der Waals surface area (Å²) >= 11 is 0. The maximum atomic E-state index is 11.8. The van der Waals surface area contributed by atoms with Gasteiger partial charge in [-0.05, 0) is 24.6 Å². The van der Waals surface area contributed by atoms with Crippen LogP contribution < -0.4 is 9.62 Å². The van der Waals surface area contributed by atoms with Gasteiger partial charge in [0.05, 0.1) is 17.1 Å². The normalized spacial score (nSPS) is 17.7. The van der Waals surface area contributed by atoms with Crippen LogP contribution in [0.3, 0.4) is 0 Å². The van der Waals surface area contributed by atoms with Crippen molar-refractivity contribution in [3.05, 3.63) is 18.2 Å². The molecule has 1 aromatic carbocycles. The monoisotopic (exact) mass is 270 g/mol. The fourth-order valence-electron chi connectivity index (χ4n) is 1.90. The third kappa shape index (κ3) is 2.40. The molecule has 2 rings (SSSR count). The van der Waals surface area contributed by atoms with Gasteiger partial charge in [-0.3, -0.25) is 9.10 Å². The minimum absolute atomic E-state index is 0.0921. The number of hydrogen-bond acceptors (Lipinski definition) is 4. The quantitative estimate of drug-likeness (QED) is 0.781. The van der Waals surface area contributed by atoms with E-state index in [4.69, 9.17) is 0 Å². The molecule has 0 atom stereocenters. The van der Waals surface area contributed by atoms with E-state index >= 15 is 0 Å². The Hall–Kier alpha value is -1.76. The van der Waals surface area contributed by atoms with E-state index < -0.39 is 10.0 Å². The molecule has 2 N–H and O–H groups in total. The summed E-state index contributed by atoms with van der Waals surface area (Å²) in [6, 6.07) is 4.34. The second kappa shape index (κ2) is 4.49. The van der Waals surface area contributed by atoms with Crippen molar-refractivity contribution < 1.29 is 18.3 Å². The molecule has 0 aromatic heterocycles. The first-order chi connectivity index (χ1) is 8.40. The van der Waals surface area contributed by atoms with Crippen molar-refractivity contribution in [3.8, 4) is 5.75 Å². The Bertz CT molecular complexity index is 583. The Morgan fingerprint density at radius 2 is 2.17 bits per heavy atom. The number of aromatic hydroxyl groups is 1. The molecule has 1 fully saturated rings. The lowest BCUT2D eigenvalue weighted by Crippen LogP contribution is -2.25. The zero-order valence-corrected chi connectivity index (χ0v) is 10.7. The number of carbonyl (C=O) groups excluding carboxylic acids is 1. The Kier molecular flexibility index (Phi) is 3.16. The molecule has 0 saturated carbocycles. The highest BCUT2D eigenvalue weighted by atomic mass is 32.2. The molecule has 1 aromatic rings. The second-order valence-corrected chi connectivity index (χ2v) is 6.14. The molecule has 1 saturated heterocycles. The van der Waals surface area contributed by atoms with Crippen LogP contribution in [0.4, 0.5) is 11.4 Å². The molecule has 0 radical (unpaired) electrons. The van der Waals surface area contributed by atoms with Gasteiger partial charge in [0.25, 0.3) is 0 Å². The Balaban J connectivity index is 2.38. The van der Waals surface area contributed by atoms with Crippen LogP contribution >= 0.6 is 0 Å². The van der Waals surface area contributed by atoms with Crippen LogP contribution in [0.5, 0.6) is 5.75 Å². The standard InChI is InChI=1S/C11H14N2O4S/c1-8(14)12-10-7-9(3-4-11(10)15)13-5-2-6-18(13,16)17/h3-4,7,15H,2,5-6H2,1H3,(H,12,14). The van der Waals surface area contributed by atoms with Crippen LogP contribution in [0.25, 0.3) is 0 Å². The van der Waals surface area contributed by atoms with Gasteiger partial charge < -0.3 is 10.4 Å². The van der Waals surface area contributed by atoms with Crippen molar-refractivity contribution in [1.29, 1.82) is 0 Å². The van der Waals surface area contributed by atoms with Crippen LogP contribution in [0, 0.1) is 0 Å². The van der Waals surface area contributed by atoms with Gasteiger partial charge in [-0.1, -0.05) is 0 Å². The molecule has 7 heteroatoms. The fourth-order valence-corrected chi connectivity index (χ4v) is 3.45. The summed E-state index contributed by atoms with van der Waals surface area (Å²) in [6.45, 7) is 1.74. The van der Waals surface area contributed by atoms with E-state index in [1.165, 1.54) is 29.4 Å². The first kappa shape index (κ1) is 12.7. The van der Waals surface area contributed by atoms with E-state index in [9.17, 15) is 18.3 Å². The molecule has 98 valence electrons. The molecule has 0 aliphatic carbocycles. The molecule has 1 aliphatic heterocycles. The van der Waals surface area contributed by atoms with E-state index in [0.717, 1.165) is 0 Å². The number of nitrogens with zero attached hydrogens (tertiary/aromatic N) is 1. The van der Waals surface area contributed by atoms with E-state index in [2.05, 4.69) is 5.32 Å². The Morgan fingerprint density at radius 1 is 1.44 bits per heavy atom. The minimum atomic E-state index is -3.26. The van der Waals surface area contributed by atoms with Gasteiger partial charge in [0.15, 0.2) is 0 Å². The smallest absolute Gasteiger partial charge is 0.235 e. The zero-order valence-electron chi connectivity index (χ0n) is 9.88. The lowest BCUT2D eigenvalue weighted by atomic mass is 10.2. The third-order valence-corrected chi connectivity index (χ3v) is 4.55. The summed E-state index contributed by atoms with van der Waals surface area (Å²) in [7, 11) is -3.26. The van der Waals surface area contributed by atoms with Crippen molar-refractivity contribution in [2.75, 3.05) is 21.9 Å². The summed E-state index contributed by atoms with van der Waals surface area (Å²) in [5.74, 6) is -0.291. The number of nitrogens with one attached hydrogen (secondary N) is 1. The molecule has 1 heterocycles. The Morgan fingerprint density at radius 3 is 2.72 bits per heavy atom. The summed E-state index contributed by atoms with van der Waals surface area (Å²) in [4.78, 5) is 11.0. The molecular weight excluding hydrogens is 256 g/mol. The highest BCUT2D eigenvalue weighted by molar-refractivity contribution is 7.93.